The number of benzene rings is 1. The maximum Gasteiger partial charge on any atom is 0.339 e. The number of ether oxygens (including phenoxy) is 1. The molecule has 2 rings (SSSR count). The van der Waals surface area contributed by atoms with Crippen molar-refractivity contribution in [3.05, 3.63) is 45.6 Å². The zero-order valence-corrected chi connectivity index (χ0v) is 12.8. The number of methoxy groups -OCH3 is 1. The van der Waals surface area contributed by atoms with E-state index < -0.39 is 5.97 Å². The summed E-state index contributed by atoms with van der Waals surface area (Å²) in [5, 5.41) is 18.5. The number of carbonyl (C=O) groups is 1. The third kappa shape index (κ3) is 2.48. The Morgan fingerprint density at radius 2 is 1.83 bits per heavy atom. The van der Waals surface area contributed by atoms with Crippen LogP contribution in [0.3, 0.4) is 0 Å². The zero-order chi connectivity index (χ0) is 17.1. The second kappa shape index (κ2) is 6.18. The number of rotatable bonds is 2. The lowest BCUT2D eigenvalue weighted by molar-refractivity contribution is 0.0601. The van der Waals surface area contributed by atoms with Gasteiger partial charge in [-0.05, 0) is 12.1 Å². The third-order valence-electron chi connectivity index (χ3n) is 3.23. The van der Waals surface area contributed by atoms with E-state index in [-0.39, 0.29) is 32.8 Å². The molecule has 0 fully saturated rings. The van der Waals surface area contributed by atoms with Gasteiger partial charge in [-0.15, -0.1) is 0 Å². The average Bonchev–Trinajstić information content (AvgIpc) is 2.55. The second-order valence-electron chi connectivity index (χ2n) is 4.42. The van der Waals surface area contributed by atoms with Crippen molar-refractivity contribution in [3.8, 4) is 17.8 Å². The lowest BCUT2D eigenvalue weighted by atomic mass is 10.1. The topological polar surface area (TPSA) is 131 Å². The summed E-state index contributed by atoms with van der Waals surface area (Å²) in [7, 11) is 1.24. The van der Waals surface area contributed by atoms with Crippen molar-refractivity contribution < 1.29 is 9.53 Å². The molecule has 114 valence electrons. The molecule has 4 N–H and O–H groups in total. The van der Waals surface area contributed by atoms with E-state index in [1.165, 1.54) is 17.7 Å². The Morgan fingerprint density at radius 1 is 1.22 bits per heavy atom. The summed E-state index contributed by atoms with van der Waals surface area (Å²) in [4.78, 5) is 11.9. The van der Waals surface area contributed by atoms with E-state index in [0.29, 0.717) is 5.69 Å². The fourth-order valence-corrected chi connectivity index (χ4v) is 2.48. The molecular formula is C15H11N5O2S. The summed E-state index contributed by atoms with van der Waals surface area (Å²) in [5.74, 6) is -0.652. The maximum atomic E-state index is 11.9. The van der Waals surface area contributed by atoms with Crippen LogP contribution in [0, 0.1) is 27.3 Å². The molecule has 1 aromatic heterocycles. The van der Waals surface area contributed by atoms with E-state index >= 15 is 0 Å². The van der Waals surface area contributed by atoms with E-state index in [9.17, 15) is 15.3 Å². The van der Waals surface area contributed by atoms with Crippen molar-refractivity contribution >= 4 is 29.7 Å². The van der Waals surface area contributed by atoms with Crippen LogP contribution in [0.5, 0.6) is 0 Å². The molecule has 7 nitrogen and oxygen atoms in total. The SMILES string of the molecule is COC(=O)c1ccccc1-n1c(N)c(C#N)c(N)c(C#N)c1=S. The zero-order valence-electron chi connectivity index (χ0n) is 12.0. The van der Waals surface area contributed by atoms with E-state index in [1.807, 2.05) is 12.1 Å². The number of hydrogen-bond donors (Lipinski definition) is 2. The molecule has 1 heterocycles. The molecule has 0 atom stereocenters. The maximum absolute atomic E-state index is 11.9. The van der Waals surface area contributed by atoms with Gasteiger partial charge in [0.15, 0.2) is 0 Å². The number of aromatic nitrogens is 1. The number of anilines is 2. The molecule has 0 aliphatic heterocycles. The molecule has 0 radical (unpaired) electrons. The standard InChI is InChI=1S/C15H11N5O2S/c1-22-15(21)8-4-2-3-5-11(8)20-13(19)9(6-16)12(18)10(7-17)14(20)23/h2-5H,18-19H2,1H3. The molecule has 8 heteroatoms. The van der Waals surface area contributed by atoms with Crippen LogP contribution in [0.2, 0.25) is 0 Å². The Hall–Kier alpha value is -3.36. The molecule has 0 aliphatic carbocycles. The molecule has 1 aromatic carbocycles. The highest BCUT2D eigenvalue weighted by Crippen LogP contribution is 2.29. The van der Waals surface area contributed by atoms with Gasteiger partial charge in [-0.1, -0.05) is 24.4 Å². The van der Waals surface area contributed by atoms with E-state index in [4.69, 9.17) is 28.4 Å². The number of pyridine rings is 1. The molecule has 0 spiro atoms. The number of nitrogen functional groups attached to an aromatic ring is 2. The van der Waals surface area contributed by atoms with Crippen LogP contribution < -0.4 is 11.5 Å². The van der Waals surface area contributed by atoms with Crippen molar-refractivity contribution in [1.82, 2.24) is 4.57 Å². The summed E-state index contributed by atoms with van der Waals surface area (Å²) in [6.45, 7) is 0. The van der Waals surface area contributed by atoms with E-state index in [2.05, 4.69) is 0 Å². The largest absolute Gasteiger partial charge is 0.465 e. The third-order valence-corrected chi connectivity index (χ3v) is 3.61. The van der Waals surface area contributed by atoms with Gasteiger partial charge >= 0.3 is 5.97 Å². The Bertz CT molecular complexity index is 950. The van der Waals surface area contributed by atoms with Crippen molar-refractivity contribution in [3.63, 3.8) is 0 Å². The summed E-state index contributed by atoms with van der Waals surface area (Å²) < 4.78 is 6.02. The van der Waals surface area contributed by atoms with Gasteiger partial charge in [0.05, 0.1) is 24.0 Å². The van der Waals surface area contributed by atoms with Crippen molar-refractivity contribution in [1.29, 1.82) is 10.5 Å². The first-order valence-electron chi connectivity index (χ1n) is 6.29. The van der Waals surface area contributed by atoms with Crippen molar-refractivity contribution in [2.75, 3.05) is 18.6 Å². The number of carbonyl (C=O) groups excluding carboxylic acids is 1. The Labute approximate surface area is 136 Å². The monoisotopic (exact) mass is 325 g/mol. The minimum Gasteiger partial charge on any atom is -0.465 e. The number of para-hydroxylation sites is 1. The second-order valence-corrected chi connectivity index (χ2v) is 4.81. The summed E-state index contributed by atoms with van der Waals surface area (Å²) in [6, 6.07) is 10.1. The Kier molecular flexibility index (Phi) is 4.30. The van der Waals surface area contributed by atoms with Gasteiger partial charge in [0.25, 0.3) is 0 Å². The molecule has 0 amide bonds. The van der Waals surface area contributed by atoms with Gasteiger partial charge in [0.2, 0.25) is 0 Å². The van der Waals surface area contributed by atoms with Crippen molar-refractivity contribution in [2.24, 2.45) is 0 Å². The number of nitrogens with zero attached hydrogens (tertiary/aromatic N) is 3. The predicted octanol–water partition coefficient (Wildman–Crippen LogP) is 1.90. The fourth-order valence-electron chi connectivity index (χ4n) is 2.13. The van der Waals surface area contributed by atoms with Crippen LogP contribution in [0.4, 0.5) is 11.5 Å². The first-order chi connectivity index (χ1) is 11.0. The quantitative estimate of drug-likeness (QED) is 0.636. The molecule has 2 aromatic rings. The Morgan fingerprint density at radius 3 is 2.39 bits per heavy atom. The van der Waals surface area contributed by atoms with Crippen LogP contribution in [0.25, 0.3) is 5.69 Å². The van der Waals surface area contributed by atoms with Gasteiger partial charge in [-0.3, -0.25) is 4.57 Å². The fraction of sp³-hybridized carbons (Fsp3) is 0.0667. The van der Waals surface area contributed by atoms with E-state index in [1.54, 1.807) is 18.2 Å². The number of nitrogens with two attached hydrogens (primary N) is 2. The van der Waals surface area contributed by atoms with Gasteiger partial charge in [-0.2, -0.15) is 10.5 Å². The van der Waals surface area contributed by atoms with Crippen LogP contribution in [0.15, 0.2) is 24.3 Å². The first-order valence-corrected chi connectivity index (χ1v) is 6.70. The molecule has 0 aliphatic rings. The van der Waals surface area contributed by atoms with E-state index in [0.717, 1.165) is 0 Å². The highest BCUT2D eigenvalue weighted by atomic mass is 32.1. The van der Waals surface area contributed by atoms with Gasteiger partial charge in [0.1, 0.15) is 33.7 Å². The summed E-state index contributed by atoms with van der Waals surface area (Å²) in [6.07, 6.45) is 0. The van der Waals surface area contributed by atoms with Gasteiger partial charge in [-0.25, -0.2) is 4.79 Å². The summed E-state index contributed by atoms with van der Waals surface area (Å²) in [5.41, 5.74) is 12.1. The van der Waals surface area contributed by atoms with Crippen LogP contribution in [-0.2, 0) is 4.74 Å². The summed E-state index contributed by atoms with van der Waals surface area (Å²) >= 11 is 5.26. The molecule has 23 heavy (non-hydrogen) atoms. The predicted molar refractivity (Wildman–Crippen MR) is 86.2 cm³/mol. The normalized spacial score (nSPS) is 9.70. The van der Waals surface area contributed by atoms with Gasteiger partial charge in [0, 0.05) is 0 Å². The number of esters is 1. The Balaban J connectivity index is 2.98. The molecule has 0 unspecified atom stereocenters. The lowest BCUT2D eigenvalue weighted by Gasteiger charge is -2.17. The lowest BCUT2D eigenvalue weighted by Crippen LogP contribution is -2.15. The van der Waals surface area contributed by atoms with Gasteiger partial charge < -0.3 is 16.2 Å². The average molecular weight is 325 g/mol. The smallest absolute Gasteiger partial charge is 0.339 e. The molecular weight excluding hydrogens is 314 g/mol. The van der Waals surface area contributed by atoms with Crippen LogP contribution >= 0.6 is 12.2 Å². The molecule has 0 saturated heterocycles. The first kappa shape index (κ1) is 16.0. The van der Waals surface area contributed by atoms with Crippen LogP contribution in [0.1, 0.15) is 21.5 Å². The number of nitriles is 2. The highest BCUT2D eigenvalue weighted by molar-refractivity contribution is 7.71. The molecule has 0 bridgehead atoms. The van der Waals surface area contributed by atoms with Crippen molar-refractivity contribution in [2.45, 2.75) is 0 Å². The minimum atomic E-state index is -0.601. The van der Waals surface area contributed by atoms with Crippen LogP contribution in [-0.4, -0.2) is 17.6 Å². The number of hydrogen-bond acceptors (Lipinski definition) is 7. The molecule has 0 saturated carbocycles. The minimum absolute atomic E-state index is 0.0119. The highest BCUT2D eigenvalue weighted by Gasteiger charge is 2.20.